The van der Waals surface area contributed by atoms with Crippen molar-refractivity contribution in [3.8, 4) is 0 Å². The van der Waals surface area contributed by atoms with E-state index in [9.17, 15) is 8.42 Å². The number of rotatable bonds is 6. The largest absolute Gasteiger partial charge is 0.395 e. The van der Waals surface area contributed by atoms with Crippen molar-refractivity contribution in [1.82, 2.24) is 9.80 Å². The highest BCUT2D eigenvalue weighted by Gasteiger charge is 2.20. The van der Waals surface area contributed by atoms with Crippen LogP contribution in [0.1, 0.15) is 13.8 Å². The van der Waals surface area contributed by atoms with Gasteiger partial charge in [0.25, 0.3) is 0 Å². The average molecular weight is 264 g/mol. The number of nitrogens with zero attached hydrogens (tertiary/aromatic N) is 2. The van der Waals surface area contributed by atoms with Crippen molar-refractivity contribution < 1.29 is 13.5 Å². The Morgan fingerprint density at radius 2 is 1.53 bits per heavy atom. The molecule has 1 fully saturated rings. The first kappa shape index (κ1) is 14.9. The SMILES string of the molecule is CC(C)S(=O)(=O)CCN1CCN(CCO)CC1. The second-order valence-corrected chi connectivity index (χ2v) is 7.50. The highest BCUT2D eigenvalue weighted by atomic mass is 32.2. The minimum Gasteiger partial charge on any atom is -0.395 e. The monoisotopic (exact) mass is 264 g/mol. The standard InChI is InChI=1S/C11H24N2O3S/c1-11(2)17(15,16)10-8-13-5-3-12(4-6-13)7-9-14/h11,14H,3-10H2,1-2H3. The normalized spacial score (nSPS) is 20.0. The summed E-state index contributed by atoms with van der Waals surface area (Å²) in [7, 11) is -2.92. The molecule has 0 aromatic carbocycles. The summed E-state index contributed by atoms with van der Waals surface area (Å²) in [6.07, 6.45) is 0. The maximum atomic E-state index is 11.7. The average Bonchev–Trinajstić information content (AvgIpc) is 2.28. The predicted octanol–water partition coefficient (Wildman–Crippen LogP) is -0.580. The molecule has 0 bridgehead atoms. The van der Waals surface area contributed by atoms with Crippen molar-refractivity contribution in [2.24, 2.45) is 0 Å². The molecule has 1 aliphatic heterocycles. The predicted molar refractivity (Wildman–Crippen MR) is 68.9 cm³/mol. The van der Waals surface area contributed by atoms with Crippen LogP contribution >= 0.6 is 0 Å². The Kier molecular flexibility index (Phi) is 5.85. The molecule has 1 heterocycles. The summed E-state index contributed by atoms with van der Waals surface area (Å²) in [5.41, 5.74) is 0. The summed E-state index contributed by atoms with van der Waals surface area (Å²) >= 11 is 0. The van der Waals surface area contributed by atoms with Crippen molar-refractivity contribution in [3.05, 3.63) is 0 Å². The third-order valence-corrected chi connectivity index (χ3v) is 5.48. The highest BCUT2D eigenvalue weighted by molar-refractivity contribution is 7.92. The zero-order chi connectivity index (χ0) is 12.9. The molecule has 1 N–H and O–H groups in total. The van der Waals surface area contributed by atoms with Gasteiger partial charge in [-0.3, -0.25) is 9.80 Å². The molecule has 0 spiro atoms. The zero-order valence-electron chi connectivity index (χ0n) is 10.8. The number of aliphatic hydroxyl groups excluding tert-OH is 1. The van der Waals surface area contributed by atoms with E-state index in [2.05, 4.69) is 9.80 Å². The molecule has 6 heteroatoms. The molecule has 17 heavy (non-hydrogen) atoms. The van der Waals surface area contributed by atoms with E-state index in [1.165, 1.54) is 0 Å². The zero-order valence-corrected chi connectivity index (χ0v) is 11.6. The maximum Gasteiger partial charge on any atom is 0.153 e. The number of aliphatic hydroxyl groups is 1. The molecule has 0 unspecified atom stereocenters. The number of sulfone groups is 1. The van der Waals surface area contributed by atoms with Crippen molar-refractivity contribution in [2.75, 3.05) is 51.6 Å². The van der Waals surface area contributed by atoms with Gasteiger partial charge in [-0.1, -0.05) is 0 Å². The molecule has 102 valence electrons. The van der Waals surface area contributed by atoms with Crippen LogP contribution in [0.25, 0.3) is 0 Å². The molecular weight excluding hydrogens is 240 g/mol. The smallest absolute Gasteiger partial charge is 0.153 e. The van der Waals surface area contributed by atoms with Crippen LogP contribution in [-0.2, 0) is 9.84 Å². The van der Waals surface area contributed by atoms with Gasteiger partial charge in [-0.15, -0.1) is 0 Å². The van der Waals surface area contributed by atoms with Gasteiger partial charge in [0.05, 0.1) is 17.6 Å². The van der Waals surface area contributed by atoms with Gasteiger partial charge in [-0.25, -0.2) is 8.42 Å². The molecule has 0 atom stereocenters. The molecule has 0 aliphatic carbocycles. The molecule has 0 aromatic rings. The summed E-state index contributed by atoms with van der Waals surface area (Å²) < 4.78 is 23.3. The molecule has 5 nitrogen and oxygen atoms in total. The number of piperazine rings is 1. The maximum absolute atomic E-state index is 11.7. The summed E-state index contributed by atoms with van der Waals surface area (Å²) in [6.45, 7) is 8.64. The van der Waals surface area contributed by atoms with Crippen LogP contribution in [0, 0.1) is 0 Å². The first-order valence-electron chi connectivity index (χ1n) is 6.23. The molecule has 0 saturated carbocycles. The van der Waals surface area contributed by atoms with E-state index in [1.807, 2.05) is 0 Å². The van der Waals surface area contributed by atoms with E-state index in [0.717, 1.165) is 32.7 Å². The van der Waals surface area contributed by atoms with Gasteiger partial charge < -0.3 is 5.11 Å². The van der Waals surface area contributed by atoms with Crippen LogP contribution in [0.4, 0.5) is 0 Å². The molecule has 1 saturated heterocycles. The third kappa shape index (κ3) is 4.91. The van der Waals surface area contributed by atoms with Crippen molar-refractivity contribution in [1.29, 1.82) is 0 Å². The van der Waals surface area contributed by atoms with Gasteiger partial charge in [0.1, 0.15) is 0 Å². The highest BCUT2D eigenvalue weighted by Crippen LogP contribution is 2.05. The van der Waals surface area contributed by atoms with Crippen LogP contribution in [0.3, 0.4) is 0 Å². The minimum atomic E-state index is -2.92. The summed E-state index contributed by atoms with van der Waals surface area (Å²) in [6, 6.07) is 0. The summed E-state index contributed by atoms with van der Waals surface area (Å²) in [5, 5.41) is 8.54. The van der Waals surface area contributed by atoms with Gasteiger partial charge in [0, 0.05) is 39.3 Å². The first-order chi connectivity index (χ1) is 7.95. The minimum absolute atomic E-state index is 0.196. The Morgan fingerprint density at radius 1 is 1.06 bits per heavy atom. The molecule has 1 aliphatic rings. The Labute approximate surface area is 104 Å². The first-order valence-corrected chi connectivity index (χ1v) is 7.94. The lowest BCUT2D eigenvalue weighted by Gasteiger charge is -2.34. The quantitative estimate of drug-likeness (QED) is 0.695. The van der Waals surface area contributed by atoms with Crippen LogP contribution in [-0.4, -0.2) is 80.2 Å². The van der Waals surface area contributed by atoms with Crippen LogP contribution in [0.15, 0.2) is 0 Å². The molecule has 0 aromatic heterocycles. The molecular formula is C11H24N2O3S. The fourth-order valence-corrected chi connectivity index (χ4v) is 2.85. The van der Waals surface area contributed by atoms with E-state index in [4.69, 9.17) is 5.11 Å². The molecule has 0 radical (unpaired) electrons. The number of β-amino-alcohol motifs (C(OH)–C–C–N with tert-alkyl or cyclic N) is 1. The van der Waals surface area contributed by atoms with Crippen LogP contribution in [0.2, 0.25) is 0 Å². The fourth-order valence-electron chi connectivity index (χ4n) is 1.87. The van der Waals surface area contributed by atoms with E-state index in [1.54, 1.807) is 13.8 Å². The lowest BCUT2D eigenvalue weighted by molar-refractivity contribution is 0.116. The van der Waals surface area contributed by atoms with Crippen LogP contribution < -0.4 is 0 Å². The third-order valence-electron chi connectivity index (χ3n) is 3.29. The van der Waals surface area contributed by atoms with E-state index < -0.39 is 9.84 Å². The van der Waals surface area contributed by atoms with Gasteiger partial charge >= 0.3 is 0 Å². The van der Waals surface area contributed by atoms with E-state index >= 15 is 0 Å². The van der Waals surface area contributed by atoms with Gasteiger partial charge in [-0.2, -0.15) is 0 Å². The van der Waals surface area contributed by atoms with E-state index in [-0.39, 0.29) is 17.6 Å². The van der Waals surface area contributed by atoms with Crippen molar-refractivity contribution >= 4 is 9.84 Å². The number of hydrogen-bond donors (Lipinski definition) is 1. The Bertz CT molecular complexity index is 309. The topological polar surface area (TPSA) is 60.9 Å². The van der Waals surface area contributed by atoms with Crippen LogP contribution in [0.5, 0.6) is 0 Å². The lowest BCUT2D eigenvalue weighted by atomic mass is 10.3. The van der Waals surface area contributed by atoms with Gasteiger partial charge in [0.2, 0.25) is 0 Å². The van der Waals surface area contributed by atoms with Gasteiger partial charge in [0.15, 0.2) is 9.84 Å². The fraction of sp³-hybridized carbons (Fsp3) is 1.00. The molecule has 0 amide bonds. The summed E-state index contributed by atoms with van der Waals surface area (Å²) in [4.78, 5) is 4.39. The number of hydrogen-bond acceptors (Lipinski definition) is 5. The second-order valence-electron chi connectivity index (χ2n) is 4.82. The second kappa shape index (κ2) is 6.68. The Morgan fingerprint density at radius 3 is 1.94 bits per heavy atom. The van der Waals surface area contributed by atoms with Crippen molar-refractivity contribution in [3.63, 3.8) is 0 Å². The van der Waals surface area contributed by atoms with Crippen molar-refractivity contribution in [2.45, 2.75) is 19.1 Å². The molecule has 1 rings (SSSR count). The Hall–Kier alpha value is -0.170. The van der Waals surface area contributed by atoms with E-state index in [0.29, 0.717) is 6.54 Å². The summed E-state index contributed by atoms with van der Waals surface area (Å²) in [5.74, 6) is 0.255. The Balaban J connectivity index is 2.27. The van der Waals surface area contributed by atoms with Gasteiger partial charge in [-0.05, 0) is 13.8 Å². The lowest BCUT2D eigenvalue weighted by Crippen LogP contribution is -2.48.